The predicted molar refractivity (Wildman–Crippen MR) is 94.3 cm³/mol. The predicted octanol–water partition coefficient (Wildman–Crippen LogP) is 5.72. The minimum Gasteiger partial charge on any atom is -0.293 e. The summed E-state index contributed by atoms with van der Waals surface area (Å²) in [7, 11) is 0. The Hall–Kier alpha value is -1.06. The van der Waals surface area contributed by atoms with Crippen LogP contribution in [0, 0.1) is 0 Å². The highest BCUT2D eigenvalue weighted by Gasteiger charge is 2.14. The standard InChI is InChI=1S/C18H19BrOS/c1-18(2,3)14-9-7-13(8-10-14)17(20)12-21-16-6-4-5-15(19)11-16/h4-11H,12H2,1-3H3. The van der Waals surface area contributed by atoms with Crippen molar-refractivity contribution in [3.8, 4) is 0 Å². The van der Waals surface area contributed by atoms with Crippen LogP contribution in [-0.4, -0.2) is 11.5 Å². The lowest BCUT2D eigenvalue weighted by molar-refractivity contribution is 0.102. The van der Waals surface area contributed by atoms with Crippen LogP contribution in [0.1, 0.15) is 36.7 Å². The van der Waals surface area contributed by atoms with Crippen LogP contribution in [0.2, 0.25) is 0 Å². The van der Waals surface area contributed by atoms with E-state index in [1.807, 2.05) is 36.4 Å². The van der Waals surface area contributed by atoms with Gasteiger partial charge in [0.15, 0.2) is 5.78 Å². The Morgan fingerprint density at radius 2 is 1.76 bits per heavy atom. The highest BCUT2D eigenvalue weighted by atomic mass is 79.9. The van der Waals surface area contributed by atoms with Gasteiger partial charge in [0.1, 0.15) is 0 Å². The molecule has 0 aliphatic rings. The first-order valence-electron chi connectivity index (χ1n) is 6.88. The first-order chi connectivity index (χ1) is 9.86. The molecule has 0 unspecified atom stereocenters. The van der Waals surface area contributed by atoms with Gasteiger partial charge in [-0.15, -0.1) is 11.8 Å². The van der Waals surface area contributed by atoms with Gasteiger partial charge < -0.3 is 0 Å². The van der Waals surface area contributed by atoms with Crippen molar-refractivity contribution in [3.63, 3.8) is 0 Å². The molecule has 21 heavy (non-hydrogen) atoms. The second-order valence-electron chi connectivity index (χ2n) is 6.00. The summed E-state index contributed by atoms with van der Waals surface area (Å²) in [6, 6.07) is 16.0. The summed E-state index contributed by atoms with van der Waals surface area (Å²) < 4.78 is 1.04. The normalized spacial score (nSPS) is 11.4. The lowest BCUT2D eigenvalue weighted by Gasteiger charge is -2.18. The van der Waals surface area contributed by atoms with Crippen molar-refractivity contribution in [3.05, 3.63) is 64.1 Å². The van der Waals surface area contributed by atoms with Crippen LogP contribution in [0.3, 0.4) is 0 Å². The van der Waals surface area contributed by atoms with E-state index in [4.69, 9.17) is 0 Å². The van der Waals surface area contributed by atoms with Gasteiger partial charge in [0.05, 0.1) is 5.75 Å². The van der Waals surface area contributed by atoms with Crippen molar-refractivity contribution in [1.82, 2.24) is 0 Å². The smallest absolute Gasteiger partial charge is 0.173 e. The summed E-state index contributed by atoms with van der Waals surface area (Å²) in [6.45, 7) is 6.52. The molecule has 0 aliphatic carbocycles. The van der Waals surface area contributed by atoms with Gasteiger partial charge in [-0.05, 0) is 29.2 Å². The Morgan fingerprint density at radius 1 is 1.10 bits per heavy atom. The molecular weight excluding hydrogens is 344 g/mol. The van der Waals surface area contributed by atoms with Crippen LogP contribution in [0.4, 0.5) is 0 Å². The van der Waals surface area contributed by atoms with Crippen LogP contribution < -0.4 is 0 Å². The highest BCUT2D eigenvalue weighted by molar-refractivity contribution is 9.10. The number of ketones is 1. The summed E-state index contributed by atoms with van der Waals surface area (Å²) in [6.07, 6.45) is 0. The summed E-state index contributed by atoms with van der Waals surface area (Å²) in [5.41, 5.74) is 2.15. The van der Waals surface area contributed by atoms with Gasteiger partial charge in [-0.2, -0.15) is 0 Å². The Kier molecular flexibility index (Phi) is 5.28. The molecule has 0 radical (unpaired) electrons. The van der Waals surface area contributed by atoms with Crippen molar-refractivity contribution < 1.29 is 4.79 Å². The van der Waals surface area contributed by atoms with Crippen LogP contribution >= 0.6 is 27.7 Å². The molecule has 1 nitrogen and oxygen atoms in total. The number of hydrogen-bond donors (Lipinski definition) is 0. The first-order valence-corrected chi connectivity index (χ1v) is 8.66. The largest absolute Gasteiger partial charge is 0.293 e. The number of benzene rings is 2. The maximum atomic E-state index is 12.2. The Bertz CT molecular complexity index is 626. The molecular formula is C18H19BrOS. The summed E-state index contributed by atoms with van der Waals surface area (Å²) >= 11 is 5.01. The number of thioether (sulfide) groups is 1. The third-order valence-corrected chi connectivity index (χ3v) is 4.73. The molecule has 0 fully saturated rings. The van der Waals surface area contributed by atoms with E-state index in [9.17, 15) is 4.79 Å². The van der Waals surface area contributed by atoms with E-state index in [2.05, 4.69) is 48.8 Å². The minimum atomic E-state index is 0.118. The molecule has 0 saturated carbocycles. The van der Waals surface area contributed by atoms with Crippen LogP contribution in [0.15, 0.2) is 57.9 Å². The number of hydrogen-bond acceptors (Lipinski definition) is 2. The third-order valence-electron chi connectivity index (χ3n) is 3.24. The molecule has 0 N–H and O–H groups in total. The van der Waals surface area contributed by atoms with Gasteiger partial charge in [0.25, 0.3) is 0 Å². The SMILES string of the molecule is CC(C)(C)c1ccc(C(=O)CSc2cccc(Br)c2)cc1. The summed E-state index contributed by atoms with van der Waals surface area (Å²) in [5.74, 6) is 0.631. The average Bonchev–Trinajstić information content (AvgIpc) is 2.44. The highest BCUT2D eigenvalue weighted by Crippen LogP contribution is 2.24. The van der Waals surface area contributed by atoms with Crippen LogP contribution in [0.5, 0.6) is 0 Å². The molecule has 110 valence electrons. The second-order valence-corrected chi connectivity index (χ2v) is 7.96. The summed E-state index contributed by atoms with van der Waals surface area (Å²) in [4.78, 5) is 13.3. The van der Waals surface area contributed by atoms with Crippen molar-refractivity contribution in [2.24, 2.45) is 0 Å². The van der Waals surface area contributed by atoms with E-state index in [1.54, 1.807) is 11.8 Å². The minimum absolute atomic E-state index is 0.118. The van der Waals surface area contributed by atoms with Crippen molar-refractivity contribution in [1.29, 1.82) is 0 Å². The number of Topliss-reactive ketones (excluding diaryl/α,β-unsaturated/α-hetero) is 1. The van der Waals surface area contributed by atoms with Gasteiger partial charge in [0, 0.05) is 14.9 Å². The number of rotatable bonds is 4. The van der Waals surface area contributed by atoms with Crippen molar-refractivity contribution >= 4 is 33.5 Å². The fraction of sp³-hybridized carbons (Fsp3) is 0.278. The van der Waals surface area contributed by atoms with E-state index in [-0.39, 0.29) is 11.2 Å². The Morgan fingerprint density at radius 3 is 2.33 bits per heavy atom. The zero-order valence-electron chi connectivity index (χ0n) is 12.5. The molecule has 2 aromatic rings. The lowest BCUT2D eigenvalue weighted by Crippen LogP contribution is -2.11. The maximum absolute atomic E-state index is 12.2. The molecule has 0 spiro atoms. The topological polar surface area (TPSA) is 17.1 Å². The maximum Gasteiger partial charge on any atom is 0.173 e. The quantitative estimate of drug-likeness (QED) is 0.510. The molecule has 0 aromatic heterocycles. The molecule has 0 saturated heterocycles. The average molecular weight is 363 g/mol. The van der Waals surface area contributed by atoms with E-state index in [0.717, 1.165) is 14.9 Å². The third kappa shape index (κ3) is 4.72. The monoisotopic (exact) mass is 362 g/mol. The molecule has 2 rings (SSSR count). The van der Waals surface area contributed by atoms with Crippen molar-refractivity contribution in [2.45, 2.75) is 31.1 Å². The van der Waals surface area contributed by atoms with Gasteiger partial charge in [-0.25, -0.2) is 0 Å². The number of halogens is 1. The molecule has 3 heteroatoms. The lowest BCUT2D eigenvalue weighted by atomic mass is 9.86. The first kappa shape index (κ1) is 16.3. The van der Waals surface area contributed by atoms with Crippen LogP contribution in [-0.2, 0) is 5.41 Å². The summed E-state index contributed by atoms with van der Waals surface area (Å²) in [5, 5.41) is 0. The molecule has 0 amide bonds. The molecule has 0 bridgehead atoms. The van der Waals surface area contributed by atoms with Crippen molar-refractivity contribution in [2.75, 3.05) is 5.75 Å². The van der Waals surface area contributed by atoms with E-state index < -0.39 is 0 Å². The van der Waals surface area contributed by atoms with Gasteiger partial charge in [0.2, 0.25) is 0 Å². The van der Waals surface area contributed by atoms with Gasteiger partial charge in [-0.3, -0.25) is 4.79 Å². The Labute approximate surface area is 139 Å². The zero-order valence-corrected chi connectivity index (χ0v) is 14.9. The molecule has 0 aliphatic heterocycles. The molecule has 2 aromatic carbocycles. The zero-order chi connectivity index (χ0) is 15.5. The molecule has 0 heterocycles. The van der Waals surface area contributed by atoms with E-state index in [1.165, 1.54) is 5.56 Å². The van der Waals surface area contributed by atoms with E-state index in [0.29, 0.717) is 5.75 Å². The second kappa shape index (κ2) is 6.80. The number of carbonyl (C=O) groups is 1. The fourth-order valence-corrected chi connectivity index (χ4v) is 3.35. The van der Waals surface area contributed by atoms with Gasteiger partial charge >= 0.3 is 0 Å². The molecule has 0 atom stereocenters. The fourth-order valence-electron chi connectivity index (χ4n) is 1.95. The Balaban J connectivity index is 2.00. The van der Waals surface area contributed by atoms with Crippen LogP contribution in [0.25, 0.3) is 0 Å². The van der Waals surface area contributed by atoms with E-state index >= 15 is 0 Å². The van der Waals surface area contributed by atoms with Gasteiger partial charge in [-0.1, -0.05) is 67.0 Å². The number of carbonyl (C=O) groups excluding carboxylic acids is 1.